The summed E-state index contributed by atoms with van der Waals surface area (Å²) in [4.78, 5) is 22.4. The van der Waals surface area contributed by atoms with Gasteiger partial charge in [0.05, 0.1) is 0 Å². The monoisotopic (exact) mass is 328 g/mol. The fourth-order valence-corrected chi connectivity index (χ4v) is 4.23. The van der Waals surface area contributed by atoms with Crippen LogP contribution in [0.25, 0.3) is 0 Å². The number of piperidine rings is 1. The van der Waals surface area contributed by atoms with Gasteiger partial charge in [0.2, 0.25) is 15.9 Å². The lowest BCUT2D eigenvalue weighted by molar-refractivity contribution is -0.119. The minimum atomic E-state index is -3.71. The van der Waals surface area contributed by atoms with Gasteiger partial charge < -0.3 is 15.6 Å². The van der Waals surface area contributed by atoms with Gasteiger partial charge in [0.1, 0.15) is 10.6 Å². The van der Waals surface area contributed by atoms with Crippen molar-refractivity contribution in [1.29, 1.82) is 0 Å². The Labute approximate surface area is 129 Å². The predicted molar refractivity (Wildman–Crippen MR) is 79.5 cm³/mol. The number of amides is 2. The molecule has 22 heavy (non-hydrogen) atoms. The number of sulfonamides is 1. The molecule has 2 amide bonds. The summed E-state index contributed by atoms with van der Waals surface area (Å²) in [6.07, 6.45) is 2.78. The van der Waals surface area contributed by atoms with E-state index in [0.29, 0.717) is 13.0 Å². The first-order chi connectivity index (χ1) is 10.2. The third kappa shape index (κ3) is 3.30. The molecular formula is C13H20N4O4S. The van der Waals surface area contributed by atoms with Gasteiger partial charge in [0.25, 0.3) is 5.91 Å². The van der Waals surface area contributed by atoms with Crippen LogP contribution in [-0.4, -0.2) is 48.2 Å². The summed E-state index contributed by atoms with van der Waals surface area (Å²) in [5.41, 5.74) is 5.34. The van der Waals surface area contributed by atoms with Crippen LogP contribution >= 0.6 is 0 Å². The third-order valence-corrected chi connectivity index (χ3v) is 5.49. The number of carbonyl (C=O) groups is 2. The Kier molecular flexibility index (Phi) is 4.57. The van der Waals surface area contributed by atoms with Crippen LogP contribution in [0.15, 0.2) is 17.2 Å². The summed E-state index contributed by atoms with van der Waals surface area (Å²) in [6.45, 7) is 2.02. The fraction of sp³-hybridized carbons (Fsp3) is 0.538. The predicted octanol–water partition coefficient (Wildman–Crippen LogP) is -0.587. The van der Waals surface area contributed by atoms with Crippen molar-refractivity contribution in [3.63, 3.8) is 0 Å². The summed E-state index contributed by atoms with van der Waals surface area (Å²) < 4.78 is 28.0. The maximum absolute atomic E-state index is 12.7. The number of primary amides is 1. The third-order valence-electron chi connectivity index (χ3n) is 3.66. The van der Waals surface area contributed by atoms with Gasteiger partial charge in [0.15, 0.2) is 0 Å². The van der Waals surface area contributed by atoms with Crippen molar-refractivity contribution < 1.29 is 18.0 Å². The Morgan fingerprint density at radius 2 is 2.09 bits per heavy atom. The highest BCUT2D eigenvalue weighted by atomic mass is 32.2. The van der Waals surface area contributed by atoms with Crippen LogP contribution in [0.3, 0.4) is 0 Å². The Bertz CT molecular complexity index is 695. The number of nitrogens with zero attached hydrogens (tertiary/aromatic N) is 2. The van der Waals surface area contributed by atoms with Gasteiger partial charge in [0, 0.05) is 39.3 Å². The fourth-order valence-electron chi connectivity index (χ4n) is 2.64. The largest absolute Gasteiger partial charge is 0.364 e. The molecule has 0 spiro atoms. The van der Waals surface area contributed by atoms with Crippen LogP contribution in [0, 0.1) is 0 Å². The van der Waals surface area contributed by atoms with Crippen molar-refractivity contribution in [2.45, 2.75) is 30.7 Å². The van der Waals surface area contributed by atoms with E-state index in [1.807, 2.05) is 0 Å². The molecule has 2 heterocycles. The molecule has 0 radical (unpaired) electrons. The van der Waals surface area contributed by atoms with E-state index in [1.165, 1.54) is 28.1 Å². The number of nitrogens with one attached hydrogen (secondary N) is 1. The molecule has 0 saturated carbocycles. The van der Waals surface area contributed by atoms with Crippen molar-refractivity contribution in [2.24, 2.45) is 12.8 Å². The van der Waals surface area contributed by atoms with Gasteiger partial charge in [-0.1, -0.05) is 0 Å². The van der Waals surface area contributed by atoms with E-state index < -0.39 is 15.9 Å². The second-order valence-electron chi connectivity index (χ2n) is 5.44. The molecule has 9 heteroatoms. The van der Waals surface area contributed by atoms with Gasteiger partial charge in [-0.3, -0.25) is 9.59 Å². The molecule has 122 valence electrons. The second kappa shape index (κ2) is 6.09. The van der Waals surface area contributed by atoms with E-state index in [-0.39, 0.29) is 29.1 Å². The zero-order valence-electron chi connectivity index (χ0n) is 12.6. The lowest BCUT2D eigenvalue weighted by Crippen LogP contribution is -2.49. The van der Waals surface area contributed by atoms with Crippen LogP contribution in [0.5, 0.6) is 0 Å². The molecule has 1 fully saturated rings. The van der Waals surface area contributed by atoms with E-state index in [2.05, 4.69) is 5.32 Å². The van der Waals surface area contributed by atoms with Crippen LogP contribution < -0.4 is 11.1 Å². The molecule has 2 rings (SSSR count). The lowest BCUT2D eigenvalue weighted by atomic mass is 10.1. The summed E-state index contributed by atoms with van der Waals surface area (Å²) >= 11 is 0. The lowest BCUT2D eigenvalue weighted by Gasteiger charge is -2.31. The zero-order chi connectivity index (χ0) is 16.5. The van der Waals surface area contributed by atoms with E-state index in [0.717, 1.165) is 6.42 Å². The summed E-state index contributed by atoms with van der Waals surface area (Å²) in [5.74, 6) is -0.862. The Morgan fingerprint density at radius 3 is 2.64 bits per heavy atom. The molecule has 0 unspecified atom stereocenters. The van der Waals surface area contributed by atoms with Crippen molar-refractivity contribution in [2.75, 3.05) is 13.1 Å². The molecule has 0 aliphatic carbocycles. The van der Waals surface area contributed by atoms with Gasteiger partial charge in [-0.05, 0) is 18.9 Å². The SMILES string of the molecule is CC(=O)N[C@@H]1CCCN(S(=O)(=O)c2cc(C(N)=O)n(C)c2)C1. The standard InChI is InChI=1S/C13H20N4O4S/c1-9(18)15-10-4-3-5-17(7-10)22(20,21)11-6-12(13(14)19)16(2)8-11/h6,8,10H,3-5,7H2,1-2H3,(H2,14,19)(H,15,18)/t10-/m1/s1. The van der Waals surface area contributed by atoms with Crippen LogP contribution in [0.4, 0.5) is 0 Å². The number of hydrogen-bond acceptors (Lipinski definition) is 4. The number of nitrogens with two attached hydrogens (primary N) is 1. The molecule has 0 aromatic carbocycles. The summed E-state index contributed by atoms with van der Waals surface area (Å²) in [5, 5.41) is 2.75. The number of rotatable bonds is 4. The number of aryl methyl sites for hydroxylation is 1. The second-order valence-corrected chi connectivity index (χ2v) is 7.38. The number of hydrogen-bond donors (Lipinski definition) is 2. The number of aromatic nitrogens is 1. The first kappa shape index (κ1) is 16.5. The first-order valence-electron chi connectivity index (χ1n) is 6.95. The minimum Gasteiger partial charge on any atom is -0.364 e. The highest BCUT2D eigenvalue weighted by molar-refractivity contribution is 7.89. The topological polar surface area (TPSA) is 114 Å². The normalized spacial score (nSPS) is 19.8. The van der Waals surface area contributed by atoms with Crippen LogP contribution in [-0.2, 0) is 21.9 Å². The molecule has 0 bridgehead atoms. The molecule has 1 saturated heterocycles. The van der Waals surface area contributed by atoms with Gasteiger partial charge >= 0.3 is 0 Å². The first-order valence-corrected chi connectivity index (χ1v) is 8.39. The number of carbonyl (C=O) groups excluding carboxylic acids is 2. The Morgan fingerprint density at radius 1 is 1.41 bits per heavy atom. The molecule has 1 aliphatic heterocycles. The van der Waals surface area contributed by atoms with E-state index in [4.69, 9.17) is 5.73 Å². The maximum atomic E-state index is 12.7. The quantitative estimate of drug-likeness (QED) is 0.769. The van der Waals surface area contributed by atoms with Gasteiger partial charge in [-0.2, -0.15) is 4.31 Å². The molecule has 8 nitrogen and oxygen atoms in total. The molecule has 1 aliphatic rings. The highest BCUT2D eigenvalue weighted by Gasteiger charge is 2.31. The van der Waals surface area contributed by atoms with E-state index >= 15 is 0 Å². The minimum absolute atomic E-state index is 0.0345. The maximum Gasteiger partial charge on any atom is 0.265 e. The van der Waals surface area contributed by atoms with Crippen LogP contribution in [0.2, 0.25) is 0 Å². The Balaban J connectivity index is 2.24. The summed E-state index contributed by atoms with van der Waals surface area (Å²) in [6, 6.07) is 1.08. The van der Waals surface area contributed by atoms with Crippen molar-refractivity contribution in [3.05, 3.63) is 18.0 Å². The van der Waals surface area contributed by atoms with E-state index in [9.17, 15) is 18.0 Å². The molecular weight excluding hydrogens is 308 g/mol. The van der Waals surface area contributed by atoms with Crippen LogP contribution in [0.1, 0.15) is 30.3 Å². The highest BCUT2D eigenvalue weighted by Crippen LogP contribution is 2.22. The van der Waals surface area contributed by atoms with Crippen molar-refractivity contribution in [3.8, 4) is 0 Å². The average molecular weight is 328 g/mol. The van der Waals surface area contributed by atoms with Crippen molar-refractivity contribution >= 4 is 21.8 Å². The molecule has 1 aromatic rings. The molecule has 1 aromatic heterocycles. The summed E-state index contributed by atoms with van der Waals surface area (Å²) in [7, 11) is -2.15. The van der Waals surface area contributed by atoms with Gasteiger partial charge in [-0.25, -0.2) is 8.42 Å². The van der Waals surface area contributed by atoms with E-state index in [1.54, 1.807) is 7.05 Å². The average Bonchev–Trinajstić information content (AvgIpc) is 2.81. The molecule has 1 atom stereocenters. The van der Waals surface area contributed by atoms with Crippen molar-refractivity contribution in [1.82, 2.24) is 14.2 Å². The van der Waals surface area contributed by atoms with Gasteiger partial charge in [-0.15, -0.1) is 0 Å². The molecule has 3 N–H and O–H groups in total. The Hall–Kier alpha value is -1.87. The smallest absolute Gasteiger partial charge is 0.265 e. The zero-order valence-corrected chi connectivity index (χ0v) is 13.4.